The molecule has 4 nitrogen and oxygen atoms in total. The average Bonchev–Trinajstić information content (AvgIpc) is 2.54. The van der Waals surface area contributed by atoms with Gasteiger partial charge in [-0.25, -0.2) is 0 Å². The highest BCUT2D eigenvalue weighted by Gasteiger charge is 2.24. The largest absolute Gasteiger partial charge is 0.358 e. The van der Waals surface area contributed by atoms with E-state index in [9.17, 15) is 4.79 Å². The Hall–Kier alpha value is -1.39. The number of hydrogen-bond acceptors (Lipinski definition) is 3. The van der Waals surface area contributed by atoms with E-state index in [1.165, 1.54) is 11.1 Å². The molecule has 22 heavy (non-hydrogen) atoms. The van der Waals surface area contributed by atoms with E-state index in [1.54, 1.807) is 7.05 Å². The van der Waals surface area contributed by atoms with Crippen LogP contribution in [0.4, 0.5) is 0 Å². The fraction of sp³-hybridized carbons (Fsp3) is 0.611. The van der Waals surface area contributed by atoms with Crippen LogP contribution in [-0.4, -0.2) is 55.0 Å². The maximum atomic E-state index is 11.7. The van der Waals surface area contributed by atoms with Gasteiger partial charge in [0.25, 0.3) is 0 Å². The highest BCUT2D eigenvalue weighted by Crippen LogP contribution is 2.16. The van der Waals surface area contributed by atoms with Crippen molar-refractivity contribution in [1.82, 2.24) is 15.1 Å². The highest BCUT2D eigenvalue weighted by atomic mass is 16.2. The number of rotatable bonds is 5. The zero-order valence-electron chi connectivity index (χ0n) is 14.3. The SMILES string of the molecule is CNC(=O)[C@@H](C)N1CCN(Cc2ccc(C(C)C)cc2)CC1. The van der Waals surface area contributed by atoms with Crippen LogP contribution in [0.5, 0.6) is 0 Å². The third kappa shape index (κ3) is 4.31. The second-order valence-corrected chi connectivity index (χ2v) is 6.50. The first-order valence-electron chi connectivity index (χ1n) is 8.28. The quantitative estimate of drug-likeness (QED) is 0.904. The number of benzene rings is 1. The van der Waals surface area contributed by atoms with Crippen molar-refractivity contribution in [2.75, 3.05) is 33.2 Å². The Morgan fingerprint density at radius 1 is 1.09 bits per heavy atom. The minimum absolute atomic E-state index is 0.0301. The van der Waals surface area contributed by atoms with Crippen LogP contribution < -0.4 is 5.32 Å². The Labute approximate surface area is 134 Å². The lowest BCUT2D eigenvalue weighted by Gasteiger charge is -2.37. The van der Waals surface area contributed by atoms with Gasteiger partial charge in [-0.1, -0.05) is 38.1 Å². The predicted molar refractivity (Wildman–Crippen MR) is 90.9 cm³/mol. The summed E-state index contributed by atoms with van der Waals surface area (Å²) in [6.45, 7) is 11.4. The standard InChI is InChI=1S/C18H29N3O/c1-14(2)17-7-5-16(6-8-17)13-20-9-11-21(12-10-20)15(3)18(22)19-4/h5-8,14-15H,9-13H2,1-4H3,(H,19,22)/t15-/m1/s1. The summed E-state index contributed by atoms with van der Waals surface area (Å²) in [6.07, 6.45) is 0. The second kappa shape index (κ2) is 7.75. The maximum absolute atomic E-state index is 11.7. The van der Waals surface area contributed by atoms with Crippen molar-refractivity contribution in [3.8, 4) is 0 Å². The van der Waals surface area contributed by atoms with E-state index in [2.05, 4.69) is 53.2 Å². The molecule has 0 bridgehead atoms. The van der Waals surface area contributed by atoms with E-state index >= 15 is 0 Å². The van der Waals surface area contributed by atoms with Crippen LogP contribution in [0.15, 0.2) is 24.3 Å². The van der Waals surface area contributed by atoms with Gasteiger partial charge in [0.1, 0.15) is 0 Å². The van der Waals surface area contributed by atoms with Crippen molar-refractivity contribution in [2.24, 2.45) is 0 Å². The molecule has 1 aromatic carbocycles. The molecule has 122 valence electrons. The molecule has 0 radical (unpaired) electrons. The van der Waals surface area contributed by atoms with Gasteiger partial charge in [0.15, 0.2) is 0 Å². The lowest BCUT2D eigenvalue weighted by Crippen LogP contribution is -2.53. The summed E-state index contributed by atoms with van der Waals surface area (Å²) in [5, 5.41) is 2.73. The normalized spacial score (nSPS) is 18.4. The molecule has 1 fully saturated rings. The monoisotopic (exact) mass is 303 g/mol. The van der Waals surface area contributed by atoms with Crippen LogP contribution in [0.25, 0.3) is 0 Å². The average molecular weight is 303 g/mol. The molecule has 1 amide bonds. The first-order chi connectivity index (χ1) is 10.5. The first kappa shape index (κ1) is 17.0. The lowest BCUT2D eigenvalue weighted by molar-refractivity contribution is -0.126. The van der Waals surface area contributed by atoms with Gasteiger partial charge in [0.2, 0.25) is 5.91 Å². The van der Waals surface area contributed by atoms with Crippen molar-refractivity contribution in [1.29, 1.82) is 0 Å². The molecule has 1 N–H and O–H groups in total. The van der Waals surface area contributed by atoms with Gasteiger partial charge in [0, 0.05) is 39.8 Å². The predicted octanol–water partition coefficient (Wildman–Crippen LogP) is 2.06. The summed E-state index contributed by atoms with van der Waals surface area (Å²) >= 11 is 0. The Kier molecular flexibility index (Phi) is 5.98. The van der Waals surface area contributed by atoms with E-state index in [0.29, 0.717) is 5.92 Å². The smallest absolute Gasteiger partial charge is 0.236 e. The lowest BCUT2D eigenvalue weighted by atomic mass is 10.0. The van der Waals surface area contributed by atoms with Crippen molar-refractivity contribution in [3.05, 3.63) is 35.4 Å². The molecule has 1 aliphatic heterocycles. The van der Waals surface area contributed by atoms with Crippen LogP contribution in [0.2, 0.25) is 0 Å². The van der Waals surface area contributed by atoms with Gasteiger partial charge in [-0.05, 0) is 24.0 Å². The summed E-state index contributed by atoms with van der Waals surface area (Å²) in [4.78, 5) is 16.4. The summed E-state index contributed by atoms with van der Waals surface area (Å²) < 4.78 is 0. The summed E-state index contributed by atoms with van der Waals surface area (Å²) in [7, 11) is 1.70. The number of carbonyl (C=O) groups excluding carboxylic acids is 1. The third-order valence-electron chi connectivity index (χ3n) is 4.63. The van der Waals surface area contributed by atoms with Crippen molar-refractivity contribution >= 4 is 5.91 Å². The molecule has 0 unspecified atom stereocenters. The molecular formula is C18H29N3O. The first-order valence-corrected chi connectivity index (χ1v) is 8.28. The molecule has 2 rings (SSSR count). The molecule has 0 spiro atoms. The number of amides is 1. The Morgan fingerprint density at radius 3 is 2.18 bits per heavy atom. The zero-order chi connectivity index (χ0) is 16.1. The van der Waals surface area contributed by atoms with E-state index in [0.717, 1.165) is 32.7 Å². The van der Waals surface area contributed by atoms with Crippen LogP contribution >= 0.6 is 0 Å². The molecule has 1 aromatic rings. The van der Waals surface area contributed by atoms with Gasteiger partial charge in [-0.15, -0.1) is 0 Å². The third-order valence-corrected chi connectivity index (χ3v) is 4.63. The molecule has 0 aromatic heterocycles. The van der Waals surface area contributed by atoms with E-state index in [1.807, 2.05) is 6.92 Å². The topological polar surface area (TPSA) is 35.6 Å². The minimum Gasteiger partial charge on any atom is -0.358 e. The molecule has 1 aliphatic rings. The fourth-order valence-corrected chi connectivity index (χ4v) is 2.95. The molecule has 4 heteroatoms. The molecule has 0 aliphatic carbocycles. The molecule has 0 saturated carbocycles. The van der Waals surface area contributed by atoms with Gasteiger partial charge >= 0.3 is 0 Å². The van der Waals surface area contributed by atoms with Gasteiger partial charge in [-0.3, -0.25) is 14.6 Å². The Balaban J connectivity index is 1.83. The van der Waals surface area contributed by atoms with Gasteiger partial charge in [0.05, 0.1) is 6.04 Å². The Morgan fingerprint density at radius 2 is 1.68 bits per heavy atom. The number of likely N-dealkylation sites (N-methyl/N-ethyl adjacent to an activating group) is 1. The van der Waals surface area contributed by atoms with Crippen LogP contribution in [0.1, 0.15) is 37.8 Å². The molecular weight excluding hydrogens is 274 g/mol. The van der Waals surface area contributed by atoms with Crippen molar-refractivity contribution in [3.63, 3.8) is 0 Å². The number of carbonyl (C=O) groups is 1. The molecule has 1 heterocycles. The maximum Gasteiger partial charge on any atom is 0.236 e. The Bertz CT molecular complexity index is 476. The summed E-state index contributed by atoms with van der Waals surface area (Å²) in [5.41, 5.74) is 2.77. The van der Waals surface area contributed by atoms with Crippen LogP contribution in [0, 0.1) is 0 Å². The van der Waals surface area contributed by atoms with Crippen LogP contribution in [0.3, 0.4) is 0 Å². The number of hydrogen-bond donors (Lipinski definition) is 1. The number of nitrogens with one attached hydrogen (secondary N) is 1. The number of nitrogens with zero attached hydrogens (tertiary/aromatic N) is 2. The van der Waals surface area contributed by atoms with Crippen molar-refractivity contribution in [2.45, 2.75) is 39.3 Å². The number of piperazine rings is 1. The highest BCUT2D eigenvalue weighted by molar-refractivity contribution is 5.80. The van der Waals surface area contributed by atoms with E-state index < -0.39 is 0 Å². The minimum atomic E-state index is -0.0301. The molecule has 1 atom stereocenters. The summed E-state index contributed by atoms with van der Waals surface area (Å²) in [5.74, 6) is 0.696. The second-order valence-electron chi connectivity index (χ2n) is 6.50. The molecule has 1 saturated heterocycles. The zero-order valence-corrected chi connectivity index (χ0v) is 14.3. The van der Waals surface area contributed by atoms with E-state index in [4.69, 9.17) is 0 Å². The van der Waals surface area contributed by atoms with Crippen molar-refractivity contribution < 1.29 is 4.79 Å². The van der Waals surface area contributed by atoms with Crippen LogP contribution in [-0.2, 0) is 11.3 Å². The van der Waals surface area contributed by atoms with E-state index in [-0.39, 0.29) is 11.9 Å². The van der Waals surface area contributed by atoms with Gasteiger partial charge in [-0.2, -0.15) is 0 Å². The fourth-order valence-electron chi connectivity index (χ4n) is 2.95. The van der Waals surface area contributed by atoms with Gasteiger partial charge < -0.3 is 5.32 Å². The summed E-state index contributed by atoms with van der Waals surface area (Å²) in [6, 6.07) is 8.94.